The lowest BCUT2D eigenvalue weighted by Crippen LogP contribution is -2.24. The SMILES string of the molecule is CCCN(CC)c1cc([C@H](C)O)ccn1. The van der Waals surface area contributed by atoms with Crippen LogP contribution in [0.5, 0.6) is 0 Å². The molecule has 84 valence electrons. The third-order valence-corrected chi connectivity index (χ3v) is 2.45. The summed E-state index contributed by atoms with van der Waals surface area (Å²) in [7, 11) is 0. The zero-order chi connectivity index (χ0) is 11.3. The number of nitrogens with zero attached hydrogens (tertiary/aromatic N) is 2. The largest absolute Gasteiger partial charge is 0.389 e. The van der Waals surface area contributed by atoms with E-state index in [1.165, 1.54) is 0 Å². The number of pyridine rings is 1. The summed E-state index contributed by atoms with van der Waals surface area (Å²) in [6.45, 7) is 8.00. The Morgan fingerprint density at radius 3 is 2.73 bits per heavy atom. The summed E-state index contributed by atoms with van der Waals surface area (Å²) in [6.07, 6.45) is 2.44. The number of aliphatic hydroxyl groups excluding tert-OH is 1. The van der Waals surface area contributed by atoms with Gasteiger partial charge in [0, 0.05) is 19.3 Å². The summed E-state index contributed by atoms with van der Waals surface area (Å²) in [5, 5.41) is 9.49. The van der Waals surface area contributed by atoms with Gasteiger partial charge in [0.15, 0.2) is 0 Å². The molecule has 15 heavy (non-hydrogen) atoms. The second kappa shape index (κ2) is 5.71. The smallest absolute Gasteiger partial charge is 0.128 e. The molecule has 3 nitrogen and oxygen atoms in total. The van der Waals surface area contributed by atoms with Gasteiger partial charge in [0.05, 0.1) is 6.10 Å². The molecule has 0 radical (unpaired) electrons. The molecule has 1 heterocycles. The molecular weight excluding hydrogens is 188 g/mol. The van der Waals surface area contributed by atoms with E-state index in [0.29, 0.717) is 0 Å². The molecular formula is C12H20N2O. The first kappa shape index (κ1) is 12.0. The number of hydrogen-bond donors (Lipinski definition) is 1. The highest BCUT2D eigenvalue weighted by Gasteiger charge is 2.07. The van der Waals surface area contributed by atoms with Crippen molar-refractivity contribution < 1.29 is 5.11 Å². The maximum absolute atomic E-state index is 9.49. The van der Waals surface area contributed by atoms with Crippen LogP contribution in [0, 0.1) is 0 Å². The summed E-state index contributed by atoms with van der Waals surface area (Å²) in [5.41, 5.74) is 0.926. The van der Waals surface area contributed by atoms with Crippen molar-refractivity contribution in [1.82, 2.24) is 4.98 Å². The second-order valence-electron chi connectivity index (χ2n) is 3.70. The van der Waals surface area contributed by atoms with E-state index in [9.17, 15) is 5.11 Å². The van der Waals surface area contributed by atoms with Crippen LogP contribution < -0.4 is 4.90 Å². The fourth-order valence-electron chi connectivity index (χ4n) is 1.57. The van der Waals surface area contributed by atoms with E-state index in [4.69, 9.17) is 0 Å². The van der Waals surface area contributed by atoms with Gasteiger partial charge in [-0.25, -0.2) is 4.98 Å². The third-order valence-electron chi connectivity index (χ3n) is 2.45. The molecule has 0 aliphatic carbocycles. The molecule has 0 amide bonds. The van der Waals surface area contributed by atoms with E-state index in [1.807, 2.05) is 12.1 Å². The summed E-state index contributed by atoms with van der Waals surface area (Å²) in [6, 6.07) is 3.82. The van der Waals surface area contributed by atoms with Crippen LogP contribution in [-0.2, 0) is 0 Å². The van der Waals surface area contributed by atoms with Crippen LogP contribution in [0.3, 0.4) is 0 Å². The third kappa shape index (κ3) is 3.20. The van der Waals surface area contributed by atoms with E-state index >= 15 is 0 Å². The zero-order valence-corrected chi connectivity index (χ0v) is 9.77. The first-order valence-corrected chi connectivity index (χ1v) is 5.58. The normalized spacial score (nSPS) is 12.5. The molecule has 0 unspecified atom stereocenters. The van der Waals surface area contributed by atoms with Crippen LogP contribution in [0.1, 0.15) is 38.9 Å². The lowest BCUT2D eigenvalue weighted by Gasteiger charge is -2.21. The molecule has 1 aromatic heterocycles. The van der Waals surface area contributed by atoms with Crippen molar-refractivity contribution in [3.05, 3.63) is 23.9 Å². The van der Waals surface area contributed by atoms with E-state index in [-0.39, 0.29) is 0 Å². The topological polar surface area (TPSA) is 36.4 Å². The Balaban J connectivity index is 2.87. The average molecular weight is 208 g/mol. The molecule has 3 heteroatoms. The number of aromatic nitrogens is 1. The Bertz CT molecular complexity index is 299. The molecule has 0 fully saturated rings. The van der Waals surface area contributed by atoms with Crippen molar-refractivity contribution in [3.8, 4) is 0 Å². The Kier molecular flexibility index (Phi) is 4.56. The van der Waals surface area contributed by atoms with Gasteiger partial charge in [-0.1, -0.05) is 6.92 Å². The van der Waals surface area contributed by atoms with Gasteiger partial charge in [0.2, 0.25) is 0 Å². The highest BCUT2D eigenvalue weighted by molar-refractivity contribution is 5.41. The van der Waals surface area contributed by atoms with Crippen LogP contribution in [0.15, 0.2) is 18.3 Å². The van der Waals surface area contributed by atoms with Gasteiger partial charge >= 0.3 is 0 Å². The van der Waals surface area contributed by atoms with Crippen molar-refractivity contribution >= 4 is 5.82 Å². The zero-order valence-electron chi connectivity index (χ0n) is 9.77. The summed E-state index contributed by atoms with van der Waals surface area (Å²) >= 11 is 0. The van der Waals surface area contributed by atoms with Gasteiger partial charge in [-0.15, -0.1) is 0 Å². The molecule has 0 aromatic carbocycles. The molecule has 0 aliphatic heterocycles. The van der Waals surface area contributed by atoms with Crippen LogP contribution in [0.4, 0.5) is 5.82 Å². The predicted molar refractivity (Wildman–Crippen MR) is 63.0 cm³/mol. The summed E-state index contributed by atoms with van der Waals surface area (Å²) in [5.74, 6) is 0.956. The molecule has 1 rings (SSSR count). The standard InChI is InChI=1S/C12H20N2O/c1-4-8-14(5-2)12-9-11(10(3)15)6-7-13-12/h6-7,9-10,15H,4-5,8H2,1-3H3/t10-/m0/s1. The van der Waals surface area contributed by atoms with E-state index in [2.05, 4.69) is 23.7 Å². The molecule has 1 atom stereocenters. The van der Waals surface area contributed by atoms with Gasteiger partial charge in [-0.2, -0.15) is 0 Å². The molecule has 1 N–H and O–H groups in total. The van der Waals surface area contributed by atoms with Crippen molar-refractivity contribution in [2.24, 2.45) is 0 Å². The maximum atomic E-state index is 9.49. The highest BCUT2D eigenvalue weighted by atomic mass is 16.3. The second-order valence-corrected chi connectivity index (χ2v) is 3.70. The predicted octanol–water partition coefficient (Wildman–Crippen LogP) is 2.37. The molecule has 0 bridgehead atoms. The van der Waals surface area contributed by atoms with Crippen LogP contribution in [-0.4, -0.2) is 23.2 Å². The maximum Gasteiger partial charge on any atom is 0.128 e. The van der Waals surface area contributed by atoms with Gasteiger partial charge in [-0.05, 0) is 38.0 Å². The van der Waals surface area contributed by atoms with Gasteiger partial charge in [0.25, 0.3) is 0 Å². The minimum Gasteiger partial charge on any atom is -0.389 e. The van der Waals surface area contributed by atoms with Crippen molar-refractivity contribution in [1.29, 1.82) is 0 Å². The van der Waals surface area contributed by atoms with Gasteiger partial charge in [0.1, 0.15) is 5.82 Å². The average Bonchev–Trinajstić information content (AvgIpc) is 2.26. The number of anilines is 1. The first-order valence-electron chi connectivity index (χ1n) is 5.58. The fraction of sp³-hybridized carbons (Fsp3) is 0.583. The number of aliphatic hydroxyl groups is 1. The lowest BCUT2D eigenvalue weighted by atomic mass is 10.1. The highest BCUT2D eigenvalue weighted by Crippen LogP contribution is 2.17. The van der Waals surface area contributed by atoms with Crippen molar-refractivity contribution in [2.45, 2.75) is 33.3 Å². The van der Waals surface area contributed by atoms with Crippen molar-refractivity contribution in [2.75, 3.05) is 18.0 Å². The first-order chi connectivity index (χ1) is 7.19. The van der Waals surface area contributed by atoms with E-state index in [0.717, 1.165) is 30.9 Å². The fourth-order valence-corrected chi connectivity index (χ4v) is 1.57. The summed E-state index contributed by atoms with van der Waals surface area (Å²) in [4.78, 5) is 6.54. The molecule has 0 saturated heterocycles. The Hall–Kier alpha value is -1.09. The minimum absolute atomic E-state index is 0.424. The number of rotatable bonds is 5. The van der Waals surface area contributed by atoms with Crippen LogP contribution in [0.25, 0.3) is 0 Å². The van der Waals surface area contributed by atoms with Gasteiger partial charge in [-0.3, -0.25) is 0 Å². The van der Waals surface area contributed by atoms with E-state index < -0.39 is 6.10 Å². The van der Waals surface area contributed by atoms with Gasteiger partial charge < -0.3 is 10.0 Å². The Labute approximate surface area is 91.8 Å². The van der Waals surface area contributed by atoms with E-state index in [1.54, 1.807) is 13.1 Å². The monoisotopic (exact) mass is 208 g/mol. The lowest BCUT2D eigenvalue weighted by molar-refractivity contribution is 0.199. The quantitative estimate of drug-likeness (QED) is 0.807. The molecule has 0 aliphatic rings. The van der Waals surface area contributed by atoms with Crippen molar-refractivity contribution in [3.63, 3.8) is 0 Å². The number of hydrogen-bond acceptors (Lipinski definition) is 3. The summed E-state index contributed by atoms with van der Waals surface area (Å²) < 4.78 is 0. The molecule has 1 aromatic rings. The molecule has 0 saturated carbocycles. The van der Waals surface area contributed by atoms with Crippen LogP contribution >= 0.6 is 0 Å². The Morgan fingerprint density at radius 2 is 2.20 bits per heavy atom. The molecule has 0 spiro atoms. The Morgan fingerprint density at radius 1 is 1.47 bits per heavy atom. The minimum atomic E-state index is -0.424. The van der Waals surface area contributed by atoms with Crippen LogP contribution in [0.2, 0.25) is 0 Å².